The molecule has 1 aromatic heterocycles. The second-order valence-corrected chi connectivity index (χ2v) is 16.0. The highest BCUT2D eigenvalue weighted by molar-refractivity contribution is 6.00. The van der Waals surface area contributed by atoms with E-state index >= 15 is 0 Å². The number of carbonyl (C=O) groups excluding carboxylic acids is 12. The van der Waals surface area contributed by atoms with Crippen LogP contribution < -0.4 is 48.3 Å². The van der Waals surface area contributed by atoms with E-state index in [1.165, 1.54) is 31.2 Å². The lowest BCUT2D eigenvalue weighted by Gasteiger charge is -2.23. The highest BCUT2D eigenvalue weighted by Crippen LogP contribution is 2.19. The minimum atomic E-state index is -1.88. The Morgan fingerprint density at radius 2 is 1.22 bits per heavy atom. The Balaban J connectivity index is 1.59. The van der Waals surface area contributed by atoms with Crippen LogP contribution >= 0.6 is 0 Å². The van der Waals surface area contributed by atoms with E-state index in [9.17, 15) is 67.4 Å². The predicted octanol–water partition coefficient (Wildman–Crippen LogP) is -3.39. The summed E-state index contributed by atoms with van der Waals surface area (Å²) in [6.45, 7) is 1.90. The van der Waals surface area contributed by atoms with Gasteiger partial charge in [-0.1, -0.05) is 36.4 Å². The average Bonchev–Trinajstić information content (AvgIpc) is 3.76. The van der Waals surface area contributed by atoms with E-state index in [1.54, 1.807) is 19.2 Å². The largest absolute Gasteiger partial charge is 0.480 e. The molecule has 12 N–H and O–H groups in total. The van der Waals surface area contributed by atoms with Gasteiger partial charge >= 0.3 is 29.8 Å². The van der Waals surface area contributed by atoms with Crippen LogP contribution in [0.4, 0.5) is 0 Å². The fraction of sp³-hybridized carbons (Fsp3) is 0.413. The van der Waals surface area contributed by atoms with E-state index in [0.717, 1.165) is 30.3 Å². The second kappa shape index (κ2) is 29.4. The lowest BCUT2D eigenvalue weighted by Crippen LogP contribution is -2.58. The van der Waals surface area contributed by atoms with Crippen LogP contribution in [-0.4, -0.2) is 156 Å². The van der Waals surface area contributed by atoms with Crippen LogP contribution in [0.3, 0.4) is 0 Å². The van der Waals surface area contributed by atoms with E-state index in [2.05, 4.69) is 47.5 Å². The number of aliphatic carboxylic acids is 1. The number of aromatic nitrogens is 1. The van der Waals surface area contributed by atoms with Crippen molar-refractivity contribution in [3.8, 4) is 0 Å². The average molecular weight is 1020 g/mol. The summed E-state index contributed by atoms with van der Waals surface area (Å²) in [6, 6.07) is 5.75. The first-order valence-electron chi connectivity index (χ1n) is 22.5. The molecule has 0 saturated heterocycles. The molecule has 27 nitrogen and oxygen atoms in total. The number of hydrogen-bond donors (Lipinski definition) is 11. The number of aromatic amines is 1. The number of nitrogens with two attached hydrogens (primary N) is 1. The maximum absolute atomic E-state index is 13.5. The summed E-state index contributed by atoms with van der Waals surface area (Å²) >= 11 is 0. The fourth-order valence-corrected chi connectivity index (χ4v) is 6.33. The van der Waals surface area contributed by atoms with Gasteiger partial charge in [0.2, 0.25) is 47.3 Å². The highest BCUT2D eigenvalue weighted by Gasteiger charge is 2.31. The first-order valence-corrected chi connectivity index (χ1v) is 22.5. The fourth-order valence-electron chi connectivity index (χ4n) is 6.33. The van der Waals surface area contributed by atoms with E-state index in [-0.39, 0.29) is 31.4 Å². The van der Waals surface area contributed by atoms with Crippen LogP contribution in [0, 0.1) is 0 Å². The third-order valence-electron chi connectivity index (χ3n) is 10.1. The number of carbonyl (C=O) groups is 13. The number of carboxylic acids is 1. The van der Waals surface area contributed by atoms with Gasteiger partial charge in [-0.15, -0.1) is 0 Å². The van der Waals surface area contributed by atoms with Gasteiger partial charge in [-0.25, -0.2) is 9.59 Å². The zero-order chi connectivity index (χ0) is 54.2. The molecule has 8 amide bonds. The molecule has 6 atom stereocenters. The standard InChI is InChI=1S/C46H58N10O17/c1-5-71-38(61)16-15-32(45(68)69)54-37(60)22-51-43(66)34(23-72-26(4)57)56-41(64)25(3)53-44(67)33(18-39(62)73-46(70)27-11-7-6-8-12-27)55-36(59)21-49-35(58)20-50-40(63)24(2)52-42(65)30(47)17-28-19-48-31-14-10-9-13-29(28)31/h6-14,19,24-25,30,32-34,48H,5,15-18,20-23,47H2,1-4H3,(H,49,58)(H,50,63)(H,51,66)(H,52,65)(H,53,67)(H,54,60)(H,55,59)(H,56,64)(H,68,69)/t24-,25-,30-,32-,33-,34-/m0/s1. The van der Waals surface area contributed by atoms with Crippen LogP contribution in [0.1, 0.15) is 62.9 Å². The molecule has 27 heteroatoms. The van der Waals surface area contributed by atoms with Crippen molar-refractivity contribution in [1.29, 1.82) is 0 Å². The smallest absolute Gasteiger partial charge is 0.345 e. The number of rotatable bonds is 28. The summed E-state index contributed by atoms with van der Waals surface area (Å²) in [7, 11) is 0. The van der Waals surface area contributed by atoms with Crippen molar-refractivity contribution in [3.63, 3.8) is 0 Å². The molecule has 73 heavy (non-hydrogen) atoms. The normalized spacial score (nSPS) is 13.1. The van der Waals surface area contributed by atoms with Crippen molar-refractivity contribution in [3.05, 3.63) is 71.9 Å². The molecule has 3 aromatic rings. The van der Waals surface area contributed by atoms with Gasteiger partial charge in [0.25, 0.3) is 0 Å². The quantitative estimate of drug-likeness (QED) is 0.0192. The van der Waals surface area contributed by atoms with Crippen LogP contribution in [0.2, 0.25) is 0 Å². The zero-order valence-corrected chi connectivity index (χ0v) is 40.2. The number of benzene rings is 2. The Kier molecular flexibility index (Phi) is 23.6. The van der Waals surface area contributed by atoms with Crippen molar-refractivity contribution >= 4 is 88.0 Å². The molecular weight excluding hydrogens is 965 g/mol. The Hall–Kier alpha value is -8.75. The van der Waals surface area contributed by atoms with Gasteiger partial charge in [-0.3, -0.25) is 52.7 Å². The molecule has 0 aliphatic heterocycles. The summed E-state index contributed by atoms with van der Waals surface area (Å²) in [5.74, 6) is -13.4. The molecule has 2 aromatic carbocycles. The lowest BCUT2D eigenvalue weighted by molar-refractivity contribution is -0.145. The van der Waals surface area contributed by atoms with Crippen LogP contribution in [-0.2, 0) is 78.2 Å². The van der Waals surface area contributed by atoms with Gasteiger partial charge in [-0.2, -0.15) is 0 Å². The van der Waals surface area contributed by atoms with E-state index in [4.69, 9.17) is 19.9 Å². The topological polar surface area (TPSA) is 408 Å². The van der Waals surface area contributed by atoms with Crippen molar-refractivity contribution in [2.75, 3.05) is 32.8 Å². The zero-order valence-electron chi connectivity index (χ0n) is 40.2. The molecule has 1 heterocycles. The summed E-state index contributed by atoms with van der Waals surface area (Å²) in [5.41, 5.74) is 7.70. The number of para-hydroxylation sites is 1. The second-order valence-electron chi connectivity index (χ2n) is 16.0. The number of amides is 8. The number of ether oxygens (including phenoxy) is 3. The van der Waals surface area contributed by atoms with Crippen LogP contribution in [0.25, 0.3) is 10.9 Å². The molecule has 0 spiro atoms. The predicted molar refractivity (Wildman–Crippen MR) is 252 cm³/mol. The Morgan fingerprint density at radius 1 is 0.630 bits per heavy atom. The molecule has 0 fully saturated rings. The van der Waals surface area contributed by atoms with E-state index < -0.39 is 146 Å². The van der Waals surface area contributed by atoms with Gasteiger partial charge in [0.15, 0.2) is 0 Å². The van der Waals surface area contributed by atoms with Gasteiger partial charge in [0.1, 0.15) is 36.8 Å². The molecule has 394 valence electrons. The molecule has 0 aliphatic rings. The van der Waals surface area contributed by atoms with Crippen molar-refractivity contribution in [2.24, 2.45) is 5.73 Å². The first kappa shape index (κ1) is 58.6. The van der Waals surface area contributed by atoms with Crippen LogP contribution in [0.5, 0.6) is 0 Å². The third-order valence-corrected chi connectivity index (χ3v) is 10.1. The summed E-state index contributed by atoms with van der Waals surface area (Å²) < 4.78 is 14.4. The minimum absolute atomic E-state index is 0.0359. The van der Waals surface area contributed by atoms with Gasteiger partial charge in [-0.05, 0) is 57.4 Å². The monoisotopic (exact) mass is 1020 g/mol. The lowest BCUT2D eigenvalue weighted by atomic mass is 10.0. The Morgan fingerprint density at radius 3 is 1.88 bits per heavy atom. The molecule has 3 rings (SSSR count). The summed E-state index contributed by atoms with van der Waals surface area (Å²) in [5, 5.41) is 28.2. The molecular formula is C46H58N10O17. The number of esters is 4. The summed E-state index contributed by atoms with van der Waals surface area (Å²) in [6.07, 6.45) is 0.200. The van der Waals surface area contributed by atoms with Gasteiger partial charge in [0, 0.05) is 30.4 Å². The van der Waals surface area contributed by atoms with E-state index in [1.807, 2.05) is 24.3 Å². The number of carboxylic acid groups (broad SMARTS) is 1. The molecule has 0 radical (unpaired) electrons. The molecule has 0 aliphatic carbocycles. The van der Waals surface area contributed by atoms with Gasteiger partial charge < -0.3 is 72.6 Å². The highest BCUT2D eigenvalue weighted by atomic mass is 16.6. The van der Waals surface area contributed by atoms with Crippen molar-refractivity contribution in [2.45, 2.75) is 89.6 Å². The molecule has 0 bridgehead atoms. The maximum atomic E-state index is 13.5. The number of fused-ring (bicyclic) bond motifs is 1. The molecule has 0 saturated carbocycles. The summed E-state index contributed by atoms with van der Waals surface area (Å²) in [4.78, 5) is 167. The SMILES string of the molecule is CCOC(=O)CC[C@H](NC(=O)CNC(=O)[C@H](COC(C)=O)NC(=O)[C@H](C)NC(=O)[C@H](CC(=O)OC(=O)c1ccccc1)NC(=O)CNC(=O)CNC(=O)[C@H](C)NC(=O)[C@@H](N)Cc1c[nH]c2ccccc12)C(=O)O. The van der Waals surface area contributed by atoms with Crippen LogP contribution in [0.15, 0.2) is 60.8 Å². The van der Waals surface area contributed by atoms with Gasteiger partial charge in [0.05, 0.1) is 44.3 Å². The first-order chi connectivity index (χ1) is 34.6. The van der Waals surface area contributed by atoms with Crippen molar-refractivity contribution < 1.29 is 81.6 Å². The molecule has 0 unspecified atom stereocenters. The Labute approximate surface area is 416 Å². The number of nitrogens with one attached hydrogen (secondary N) is 9. The minimum Gasteiger partial charge on any atom is -0.480 e. The third kappa shape index (κ3) is 20.6. The van der Waals surface area contributed by atoms with E-state index in [0.29, 0.717) is 0 Å². The number of H-pyrrole nitrogens is 1. The maximum Gasteiger partial charge on any atom is 0.345 e. The van der Waals surface area contributed by atoms with Crippen molar-refractivity contribution in [1.82, 2.24) is 47.5 Å². The number of hydrogen-bond acceptors (Lipinski definition) is 17. The Bertz CT molecular complexity index is 2520.